The molecule has 1 aromatic carbocycles. The lowest BCUT2D eigenvalue weighted by Gasteiger charge is -2.26. The molecule has 0 aliphatic carbocycles. The predicted molar refractivity (Wildman–Crippen MR) is 60.3 cm³/mol. The SMILES string of the molecule is Fc1ccc(C2(CCl)OC[C@@H](CCl)O2)c(F)c1. The van der Waals surface area contributed by atoms with E-state index >= 15 is 0 Å². The average molecular weight is 283 g/mol. The standard InChI is InChI=1S/C11H10Cl2F2O2/c12-4-8-5-16-11(6-13,17-8)9-2-1-7(14)3-10(9)15/h1-3,8H,4-6H2/t8-,11?/m1/s1. The smallest absolute Gasteiger partial charge is 0.212 e. The molecule has 1 aliphatic rings. The summed E-state index contributed by atoms with van der Waals surface area (Å²) in [7, 11) is 0. The molecule has 17 heavy (non-hydrogen) atoms. The van der Waals surface area contributed by atoms with E-state index in [1.165, 1.54) is 6.07 Å². The van der Waals surface area contributed by atoms with E-state index in [1.54, 1.807) is 0 Å². The Balaban J connectivity index is 2.35. The summed E-state index contributed by atoms with van der Waals surface area (Å²) in [6.45, 7) is 0.229. The second-order valence-electron chi connectivity index (χ2n) is 3.72. The van der Waals surface area contributed by atoms with Crippen LogP contribution in [0.25, 0.3) is 0 Å². The zero-order valence-electron chi connectivity index (χ0n) is 8.76. The van der Waals surface area contributed by atoms with Crippen LogP contribution < -0.4 is 0 Å². The monoisotopic (exact) mass is 282 g/mol. The van der Waals surface area contributed by atoms with Crippen molar-refractivity contribution in [2.75, 3.05) is 18.4 Å². The van der Waals surface area contributed by atoms with Crippen LogP contribution in [-0.4, -0.2) is 24.5 Å². The maximum atomic E-state index is 13.7. The molecule has 1 aromatic rings. The van der Waals surface area contributed by atoms with Crippen LogP contribution in [0.1, 0.15) is 5.56 Å². The number of hydrogen-bond acceptors (Lipinski definition) is 2. The molecule has 0 amide bonds. The quantitative estimate of drug-likeness (QED) is 0.794. The fourth-order valence-corrected chi connectivity index (χ4v) is 2.16. The van der Waals surface area contributed by atoms with Gasteiger partial charge in [-0.3, -0.25) is 0 Å². The third kappa shape index (κ3) is 2.40. The van der Waals surface area contributed by atoms with Crippen LogP contribution in [-0.2, 0) is 15.3 Å². The molecule has 0 N–H and O–H groups in total. The maximum absolute atomic E-state index is 13.7. The van der Waals surface area contributed by atoms with Gasteiger partial charge in [-0.15, -0.1) is 23.2 Å². The molecule has 2 nitrogen and oxygen atoms in total. The number of alkyl halides is 2. The lowest BCUT2D eigenvalue weighted by atomic mass is 10.1. The highest BCUT2D eigenvalue weighted by Gasteiger charge is 2.44. The first-order chi connectivity index (χ1) is 8.11. The highest BCUT2D eigenvalue weighted by molar-refractivity contribution is 6.18. The molecule has 0 saturated carbocycles. The van der Waals surface area contributed by atoms with Crippen molar-refractivity contribution in [1.82, 2.24) is 0 Å². The maximum Gasteiger partial charge on any atom is 0.212 e. The number of benzene rings is 1. The fraction of sp³-hybridized carbons (Fsp3) is 0.455. The second kappa shape index (κ2) is 5.06. The van der Waals surface area contributed by atoms with E-state index in [1.807, 2.05) is 0 Å². The zero-order valence-corrected chi connectivity index (χ0v) is 10.3. The van der Waals surface area contributed by atoms with E-state index in [2.05, 4.69) is 0 Å². The van der Waals surface area contributed by atoms with Crippen molar-refractivity contribution in [3.63, 3.8) is 0 Å². The van der Waals surface area contributed by atoms with Gasteiger partial charge >= 0.3 is 0 Å². The third-order valence-corrected chi connectivity index (χ3v) is 3.24. The van der Waals surface area contributed by atoms with Gasteiger partial charge in [-0.05, 0) is 12.1 Å². The Labute approximate surface area is 107 Å². The van der Waals surface area contributed by atoms with Crippen molar-refractivity contribution in [2.45, 2.75) is 11.9 Å². The van der Waals surface area contributed by atoms with Gasteiger partial charge in [0.2, 0.25) is 5.79 Å². The summed E-state index contributed by atoms with van der Waals surface area (Å²) < 4.78 is 37.4. The Morgan fingerprint density at radius 3 is 2.65 bits per heavy atom. The molecule has 0 bridgehead atoms. The van der Waals surface area contributed by atoms with Crippen molar-refractivity contribution in [1.29, 1.82) is 0 Å². The molecular formula is C11H10Cl2F2O2. The first kappa shape index (κ1) is 13.0. The van der Waals surface area contributed by atoms with Crippen molar-refractivity contribution in [3.8, 4) is 0 Å². The lowest BCUT2D eigenvalue weighted by molar-refractivity contribution is -0.158. The normalized spacial score (nSPS) is 28.6. The van der Waals surface area contributed by atoms with Gasteiger partial charge < -0.3 is 9.47 Å². The Bertz CT molecular complexity index is 416. The number of halogens is 4. The molecule has 1 aliphatic heterocycles. The lowest BCUT2D eigenvalue weighted by Crippen LogP contribution is -2.31. The van der Waals surface area contributed by atoms with Crippen molar-refractivity contribution < 1.29 is 18.3 Å². The molecule has 1 unspecified atom stereocenters. The molecule has 1 fully saturated rings. The summed E-state index contributed by atoms with van der Waals surface area (Å²) in [6, 6.07) is 3.17. The molecule has 2 rings (SSSR count). The van der Waals surface area contributed by atoms with E-state index < -0.39 is 17.4 Å². The van der Waals surface area contributed by atoms with Crippen LogP contribution in [0, 0.1) is 11.6 Å². The zero-order chi connectivity index (χ0) is 12.5. The van der Waals surface area contributed by atoms with Crippen molar-refractivity contribution in [2.24, 2.45) is 0 Å². The van der Waals surface area contributed by atoms with E-state index in [0.717, 1.165) is 12.1 Å². The molecule has 6 heteroatoms. The van der Waals surface area contributed by atoms with Crippen molar-refractivity contribution >= 4 is 23.2 Å². The number of ether oxygens (including phenoxy) is 2. The van der Waals surface area contributed by atoms with Gasteiger partial charge in [0.1, 0.15) is 11.6 Å². The molecule has 1 heterocycles. The summed E-state index contributed by atoms with van der Waals surface area (Å²) in [5.74, 6) is -2.66. The Kier molecular flexibility index (Phi) is 3.88. The van der Waals surface area contributed by atoms with Crippen LogP contribution in [0.4, 0.5) is 8.78 Å². The van der Waals surface area contributed by atoms with Crippen molar-refractivity contribution in [3.05, 3.63) is 35.4 Å². The third-order valence-electron chi connectivity index (χ3n) is 2.55. The summed E-state index contributed by atoms with van der Waals surface area (Å²) in [6.07, 6.45) is -0.347. The molecule has 94 valence electrons. The molecule has 0 spiro atoms. The average Bonchev–Trinajstić information content (AvgIpc) is 2.74. The Hall–Kier alpha value is -0.420. The van der Waals surface area contributed by atoms with Gasteiger partial charge in [-0.2, -0.15) is 0 Å². The number of rotatable bonds is 3. The van der Waals surface area contributed by atoms with Crippen LogP contribution in [0.5, 0.6) is 0 Å². The second-order valence-corrected chi connectivity index (χ2v) is 4.29. The fourth-order valence-electron chi connectivity index (χ4n) is 1.72. The van der Waals surface area contributed by atoms with Crippen LogP contribution >= 0.6 is 23.2 Å². The summed E-state index contributed by atoms with van der Waals surface area (Å²) >= 11 is 11.4. The minimum Gasteiger partial charge on any atom is -0.342 e. The summed E-state index contributed by atoms with van der Waals surface area (Å²) in [5.41, 5.74) is 0.0847. The van der Waals surface area contributed by atoms with E-state index in [9.17, 15) is 8.78 Å². The Morgan fingerprint density at radius 1 is 1.35 bits per heavy atom. The summed E-state index contributed by atoms with van der Waals surface area (Å²) in [5, 5.41) is 0. The summed E-state index contributed by atoms with van der Waals surface area (Å²) in [4.78, 5) is 0. The van der Waals surface area contributed by atoms with Gasteiger partial charge in [0.15, 0.2) is 0 Å². The highest BCUT2D eigenvalue weighted by atomic mass is 35.5. The number of hydrogen-bond donors (Lipinski definition) is 0. The first-order valence-electron chi connectivity index (χ1n) is 5.00. The molecule has 0 radical (unpaired) electrons. The topological polar surface area (TPSA) is 18.5 Å². The molecular weight excluding hydrogens is 273 g/mol. The largest absolute Gasteiger partial charge is 0.342 e. The predicted octanol–water partition coefficient (Wildman–Crippen LogP) is 3.01. The van der Waals surface area contributed by atoms with E-state index in [-0.39, 0.29) is 30.0 Å². The van der Waals surface area contributed by atoms with Gasteiger partial charge in [-0.25, -0.2) is 8.78 Å². The van der Waals surface area contributed by atoms with Gasteiger partial charge in [0, 0.05) is 11.6 Å². The highest BCUT2D eigenvalue weighted by Crippen LogP contribution is 2.37. The van der Waals surface area contributed by atoms with Gasteiger partial charge in [0.05, 0.1) is 24.5 Å². The molecule has 2 atom stereocenters. The Morgan fingerprint density at radius 2 is 2.12 bits per heavy atom. The molecule has 1 saturated heterocycles. The van der Waals surface area contributed by atoms with Crippen LogP contribution in [0.3, 0.4) is 0 Å². The van der Waals surface area contributed by atoms with Crippen LogP contribution in [0.15, 0.2) is 18.2 Å². The first-order valence-corrected chi connectivity index (χ1v) is 6.07. The minimum atomic E-state index is -1.38. The van der Waals surface area contributed by atoms with Gasteiger partial charge in [-0.1, -0.05) is 0 Å². The van der Waals surface area contributed by atoms with E-state index in [4.69, 9.17) is 32.7 Å². The minimum absolute atomic E-state index is 0.0847. The molecule has 0 aromatic heterocycles. The van der Waals surface area contributed by atoms with Crippen LogP contribution in [0.2, 0.25) is 0 Å². The van der Waals surface area contributed by atoms with Gasteiger partial charge in [0.25, 0.3) is 0 Å². The van der Waals surface area contributed by atoms with E-state index in [0.29, 0.717) is 0 Å².